The lowest BCUT2D eigenvalue weighted by Gasteiger charge is -2.10. The molecule has 2 rings (SSSR count). The highest BCUT2D eigenvalue weighted by molar-refractivity contribution is 6.31. The van der Waals surface area contributed by atoms with Gasteiger partial charge in [0.2, 0.25) is 0 Å². The van der Waals surface area contributed by atoms with Gasteiger partial charge in [-0.05, 0) is 18.2 Å². The first-order valence-corrected chi connectivity index (χ1v) is 6.05. The maximum Gasteiger partial charge on any atom is 0.161 e. The predicted molar refractivity (Wildman–Crippen MR) is 74.3 cm³/mol. The van der Waals surface area contributed by atoms with E-state index in [0.717, 1.165) is 11.3 Å². The topological polar surface area (TPSA) is 57.9 Å². The second-order valence-electron chi connectivity index (χ2n) is 3.80. The number of hydrogen-bond donors (Lipinski definition) is 1. The highest BCUT2D eigenvalue weighted by Gasteiger charge is 2.05. The van der Waals surface area contributed by atoms with E-state index in [-0.39, 0.29) is 5.69 Å². The van der Waals surface area contributed by atoms with Crippen molar-refractivity contribution in [2.24, 2.45) is 0 Å². The molecule has 1 N–H and O–H groups in total. The van der Waals surface area contributed by atoms with Crippen LogP contribution in [0, 0.1) is 11.3 Å². The van der Waals surface area contributed by atoms with E-state index in [1.54, 1.807) is 19.2 Å². The Labute approximate surface area is 116 Å². The molecule has 1 aromatic heterocycles. The number of pyridine rings is 1. The van der Waals surface area contributed by atoms with Crippen molar-refractivity contribution in [1.82, 2.24) is 4.98 Å². The molecule has 0 spiro atoms. The lowest BCUT2D eigenvalue weighted by Crippen LogP contribution is -2.03. The van der Waals surface area contributed by atoms with Gasteiger partial charge in [0, 0.05) is 12.1 Å². The Hall–Kier alpha value is -2.25. The van der Waals surface area contributed by atoms with Crippen molar-refractivity contribution in [3.8, 4) is 11.8 Å². The first-order chi connectivity index (χ1) is 9.24. The Morgan fingerprint density at radius 2 is 2.11 bits per heavy atom. The van der Waals surface area contributed by atoms with Crippen LogP contribution in [0.3, 0.4) is 0 Å². The van der Waals surface area contributed by atoms with Gasteiger partial charge in [0.25, 0.3) is 0 Å². The summed E-state index contributed by atoms with van der Waals surface area (Å²) in [5.41, 5.74) is 1.23. The molecule has 0 radical (unpaired) electrons. The van der Waals surface area contributed by atoms with Crippen LogP contribution >= 0.6 is 11.6 Å². The number of para-hydroxylation sites is 1. The van der Waals surface area contributed by atoms with Crippen LogP contribution in [0.4, 0.5) is 5.82 Å². The molecule has 1 heterocycles. The molecule has 0 aliphatic heterocycles. The van der Waals surface area contributed by atoms with Crippen LogP contribution in [0.1, 0.15) is 11.3 Å². The Morgan fingerprint density at radius 1 is 1.32 bits per heavy atom. The van der Waals surface area contributed by atoms with Gasteiger partial charge in [0.05, 0.1) is 12.1 Å². The zero-order valence-electron chi connectivity index (χ0n) is 10.4. The van der Waals surface area contributed by atoms with Crippen LogP contribution in [0.25, 0.3) is 0 Å². The molecule has 0 amide bonds. The highest BCUT2D eigenvalue weighted by atomic mass is 35.5. The third kappa shape index (κ3) is 3.15. The maximum absolute atomic E-state index is 8.87. The van der Waals surface area contributed by atoms with E-state index in [9.17, 15) is 0 Å². The summed E-state index contributed by atoms with van der Waals surface area (Å²) in [6, 6.07) is 13.0. The third-order valence-corrected chi connectivity index (χ3v) is 2.91. The minimum absolute atomic E-state index is 0.215. The number of aromatic nitrogens is 1. The molecular formula is C14H12ClN3O. The molecular weight excluding hydrogens is 262 g/mol. The van der Waals surface area contributed by atoms with Crippen LogP contribution in [0.15, 0.2) is 36.4 Å². The maximum atomic E-state index is 8.87. The van der Waals surface area contributed by atoms with Crippen molar-refractivity contribution in [3.63, 3.8) is 0 Å². The summed E-state index contributed by atoms with van der Waals surface area (Å²) in [7, 11) is 1.63. The number of nitrogens with zero attached hydrogens (tertiary/aromatic N) is 2. The molecule has 1 aromatic carbocycles. The molecule has 19 heavy (non-hydrogen) atoms. The number of halogens is 1. The number of anilines is 1. The van der Waals surface area contributed by atoms with Gasteiger partial charge < -0.3 is 10.1 Å². The molecule has 0 unspecified atom stereocenters. The number of benzene rings is 1. The number of methoxy groups -OCH3 is 1. The largest absolute Gasteiger partial charge is 0.496 e. The number of nitriles is 1. The van der Waals surface area contributed by atoms with E-state index in [1.165, 1.54) is 0 Å². The summed E-state index contributed by atoms with van der Waals surface area (Å²) in [6.45, 7) is 0.559. The number of nitrogens with one attached hydrogen (secondary N) is 1. The van der Waals surface area contributed by atoms with E-state index < -0.39 is 0 Å². The van der Waals surface area contributed by atoms with Crippen LogP contribution in [0.2, 0.25) is 5.02 Å². The Bertz CT molecular complexity index is 622. The predicted octanol–water partition coefficient (Wildman–Crippen LogP) is 3.23. The Balaban J connectivity index is 2.13. The average Bonchev–Trinajstić information content (AvgIpc) is 2.46. The van der Waals surface area contributed by atoms with Gasteiger partial charge in [-0.25, -0.2) is 4.98 Å². The number of rotatable bonds is 4. The minimum Gasteiger partial charge on any atom is -0.496 e. The zero-order valence-corrected chi connectivity index (χ0v) is 11.1. The standard InChI is InChI=1S/C14H12ClN3O/c1-19-13-5-3-2-4-10(13)9-17-14-7-6-11(15)12(8-16)18-14/h2-7H,9H2,1H3,(H,17,18). The van der Waals surface area contributed by atoms with Gasteiger partial charge >= 0.3 is 0 Å². The van der Waals surface area contributed by atoms with Gasteiger partial charge in [-0.1, -0.05) is 29.8 Å². The van der Waals surface area contributed by atoms with Crippen molar-refractivity contribution >= 4 is 17.4 Å². The van der Waals surface area contributed by atoms with Gasteiger partial charge in [-0.2, -0.15) is 5.26 Å². The van der Waals surface area contributed by atoms with Crippen LogP contribution < -0.4 is 10.1 Å². The first kappa shape index (κ1) is 13.2. The molecule has 0 aliphatic carbocycles. The van der Waals surface area contributed by atoms with Crippen molar-refractivity contribution in [3.05, 3.63) is 52.7 Å². The second-order valence-corrected chi connectivity index (χ2v) is 4.21. The molecule has 0 atom stereocenters. The van der Waals surface area contributed by atoms with Crippen LogP contribution in [-0.2, 0) is 6.54 Å². The van der Waals surface area contributed by atoms with E-state index in [4.69, 9.17) is 21.6 Å². The molecule has 0 aliphatic rings. The van der Waals surface area contributed by atoms with Crippen LogP contribution in [0.5, 0.6) is 5.75 Å². The molecule has 0 bridgehead atoms. The summed E-state index contributed by atoms with van der Waals surface area (Å²) >= 11 is 5.83. The van der Waals surface area contributed by atoms with Crippen LogP contribution in [-0.4, -0.2) is 12.1 Å². The quantitative estimate of drug-likeness (QED) is 0.929. The summed E-state index contributed by atoms with van der Waals surface area (Å²) < 4.78 is 5.26. The molecule has 0 saturated carbocycles. The highest BCUT2D eigenvalue weighted by Crippen LogP contribution is 2.20. The van der Waals surface area contributed by atoms with E-state index in [2.05, 4.69) is 10.3 Å². The molecule has 0 fully saturated rings. The van der Waals surface area contributed by atoms with Crippen molar-refractivity contribution in [1.29, 1.82) is 5.26 Å². The smallest absolute Gasteiger partial charge is 0.161 e. The third-order valence-electron chi connectivity index (χ3n) is 2.60. The van der Waals surface area contributed by atoms with E-state index >= 15 is 0 Å². The summed E-state index contributed by atoms with van der Waals surface area (Å²) in [4.78, 5) is 4.12. The van der Waals surface area contributed by atoms with Gasteiger partial charge in [0.15, 0.2) is 5.69 Å². The fraction of sp³-hybridized carbons (Fsp3) is 0.143. The van der Waals surface area contributed by atoms with E-state index in [1.807, 2.05) is 30.3 Å². The molecule has 0 saturated heterocycles. The lowest BCUT2D eigenvalue weighted by molar-refractivity contribution is 0.410. The first-order valence-electron chi connectivity index (χ1n) is 5.67. The summed E-state index contributed by atoms with van der Waals surface area (Å²) in [5.74, 6) is 1.41. The zero-order chi connectivity index (χ0) is 13.7. The molecule has 4 nitrogen and oxygen atoms in total. The van der Waals surface area contributed by atoms with Crippen molar-refractivity contribution in [2.75, 3.05) is 12.4 Å². The Kier molecular flexibility index (Phi) is 4.22. The van der Waals surface area contributed by atoms with Gasteiger partial charge in [0.1, 0.15) is 17.6 Å². The molecule has 5 heteroatoms. The monoisotopic (exact) mass is 273 g/mol. The fourth-order valence-corrected chi connectivity index (χ4v) is 1.80. The average molecular weight is 274 g/mol. The number of hydrogen-bond acceptors (Lipinski definition) is 4. The van der Waals surface area contributed by atoms with Gasteiger partial charge in [-0.15, -0.1) is 0 Å². The lowest BCUT2D eigenvalue weighted by atomic mass is 10.2. The van der Waals surface area contributed by atoms with Gasteiger partial charge in [-0.3, -0.25) is 0 Å². The van der Waals surface area contributed by atoms with E-state index in [0.29, 0.717) is 17.4 Å². The van der Waals surface area contributed by atoms with Crippen molar-refractivity contribution < 1.29 is 4.74 Å². The fourth-order valence-electron chi connectivity index (χ4n) is 1.65. The SMILES string of the molecule is COc1ccccc1CNc1ccc(Cl)c(C#N)n1. The summed E-state index contributed by atoms with van der Waals surface area (Å²) in [6.07, 6.45) is 0. The Morgan fingerprint density at radius 3 is 2.84 bits per heavy atom. The second kappa shape index (κ2) is 6.07. The minimum atomic E-state index is 0.215. The summed E-state index contributed by atoms with van der Waals surface area (Å²) in [5, 5.41) is 12.4. The normalized spacial score (nSPS) is 9.74. The molecule has 96 valence electrons. The number of ether oxygens (including phenoxy) is 1. The van der Waals surface area contributed by atoms with Crippen molar-refractivity contribution in [2.45, 2.75) is 6.54 Å². The molecule has 2 aromatic rings.